The molecule has 1 aromatic rings. The minimum Gasteiger partial charge on any atom is -0.395 e. The Morgan fingerprint density at radius 3 is 2.44 bits per heavy atom. The van der Waals surface area contributed by atoms with Gasteiger partial charge in [0.1, 0.15) is 0 Å². The largest absolute Gasteiger partial charge is 0.395 e. The molecule has 1 N–H and O–H groups in total. The van der Waals surface area contributed by atoms with Gasteiger partial charge in [0.2, 0.25) is 5.43 Å². The molecule has 1 aromatic carbocycles. The fraction of sp³-hybridized carbons (Fsp3) is 0.462. The third-order valence-corrected chi connectivity index (χ3v) is 3.43. The molecule has 5 heteroatoms. The second-order valence-electron chi connectivity index (χ2n) is 4.35. The lowest BCUT2D eigenvalue weighted by Crippen LogP contribution is -2.48. The van der Waals surface area contributed by atoms with Crippen molar-refractivity contribution in [1.82, 2.24) is 4.90 Å². The highest BCUT2D eigenvalue weighted by molar-refractivity contribution is 6.30. The Bertz CT molecular complexity index is 459. The van der Waals surface area contributed by atoms with Crippen molar-refractivity contribution in [3.63, 3.8) is 0 Å². The van der Waals surface area contributed by atoms with Crippen LogP contribution in [0.15, 0.2) is 29.1 Å². The van der Waals surface area contributed by atoms with Gasteiger partial charge in [0.05, 0.1) is 12.3 Å². The maximum Gasteiger partial charge on any atom is 0.201 e. The van der Waals surface area contributed by atoms with E-state index < -0.39 is 0 Å². The molecule has 1 saturated heterocycles. The van der Waals surface area contributed by atoms with Crippen LogP contribution in [0.3, 0.4) is 0 Å². The first kappa shape index (κ1) is 13.3. The Balaban J connectivity index is 2.10. The van der Waals surface area contributed by atoms with Gasteiger partial charge in [0.25, 0.3) is 0 Å². The van der Waals surface area contributed by atoms with Crippen LogP contribution in [-0.4, -0.2) is 49.3 Å². The Morgan fingerprint density at radius 2 is 1.78 bits per heavy atom. The lowest BCUT2D eigenvalue weighted by molar-refractivity contribution is 0.188. The van der Waals surface area contributed by atoms with Crippen molar-refractivity contribution in [2.24, 2.45) is 0 Å². The van der Waals surface area contributed by atoms with E-state index in [0.717, 1.165) is 26.2 Å². The van der Waals surface area contributed by atoms with Crippen LogP contribution in [0.4, 0.5) is 5.69 Å². The molecule has 2 rings (SSSR count). The highest BCUT2D eigenvalue weighted by Gasteiger charge is 2.17. The van der Waals surface area contributed by atoms with Crippen LogP contribution in [0.1, 0.15) is 0 Å². The lowest BCUT2D eigenvalue weighted by atomic mass is 10.2. The molecule has 4 nitrogen and oxygen atoms in total. The molecule has 1 aliphatic heterocycles. The van der Waals surface area contributed by atoms with Crippen molar-refractivity contribution < 1.29 is 5.11 Å². The van der Waals surface area contributed by atoms with E-state index in [9.17, 15) is 4.79 Å². The van der Waals surface area contributed by atoms with Crippen LogP contribution >= 0.6 is 11.6 Å². The summed E-state index contributed by atoms with van der Waals surface area (Å²) in [6.07, 6.45) is 0. The molecule has 1 heterocycles. The molecule has 0 aliphatic carbocycles. The van der Waals surface area contributed by atoms with E-state index in [0.29, 0.717) is 17.3 Å². The smallest absolute Gasteiger partial charge is 0.201 e. The lowest BCUT2D eigenvalue weighted by Gasteiger charge is -2.35. The number of hydrogen-bond acceptors (Lipinski definition) is 4. The molecule has 0 aromatic heterocycles. The van der Waals surface area contributed by atoms with Gasteiger partial charge in [-0.2, -0.15) is 0 Å². The first-order valence-corrected chi connectivity index (χ1v) is 6.46. The maximum atomic E-state index is 11.9. The highest BCUT2D eigenvalue weighted by Crippen LogP contribution is 2.13. The number of β-amino-alcohol motifs (C(OH)–C–C–N with tert-alkyl or cyclic N) is 1. The van der Waals surface area contributed by atoms with E-state index in [-0.39, 0.29) is 12.0 Å². The van der Waals surface area contributed by atoms with Gasteiger partial charge < -0.3 is 10.0 Å². The normalized spacial score (nSPS) is 16.9. The number of aliphatic hydroxyl groups is 1. The van der Waals surface area contributed by atoms with Crippen molar-refractivity contribution in [3.8, 4) is 0 Å². The third-order valence-electron chi connectivity index (χ3n) is 3.18. The zero-order chi connectivity index (χ0) is 13.0. The molecular weight excluding hydrogens is 252 g/mol. The zero-order valence-corrected chi connectivity index (χ0v) is 10.9. The summed E-state index contributed by atoms with van der Waals surface area (Å²) in [5.41, 5.74) is 0.697. The molecule has 0 amide bonds. The number of rotatable bonds is 3. The fourth-order valence-electron chi connectivity index (χ4n) is 2.15. The van der Waals surface area contributed by atoms with Crippen LogP contribution in [0, 0.1) is 0 Å². The maximum absolute atomic E-state index is 11.9. The second-order valence-corrected chi connectivity index (χ2v) is 4.79. The van der Waals surface area contributed by atoms with E-state index in [1.807, 2.05) is 0 Å². The van der Waals surface area contributed by atoms with Crippen molar-refractivity contribution >= 4 is 17.3 Å². The Labute approximate surface area is 111 Å². The third kappa shape index (κ3) is 3.22. The van der Waals surface area contributed by atoms with Gasteiger partial charge in [0.15, 0.2) is 0 Å². The Morgan fingerprint density at radius 1 is 1.11 bits per heavy atom. The predicted molar refractivity (Wildman–Crippen MR) is 73.5 cm³/mol. The average molecular weight is 269 g/mol. The molecule has 0 atom stereocenters. The summed E-state index contributed by atoms with van der Waals surface area (Å²) < 4.78 is 0. The topological polar surface area (TPSA) is 43.8 Å². The van der Waals surface area contributed by atoms with E-state index in [1.165, 1.54) is 6.07 Å². The predicted octanol–water partition coefficient (Wildman–Crippen LogP) is 0.815. The SMILES string of the molecule is O=c1ccc(Cl)ccc1N1CCN(CCO)CC1. The van der Waals surface area contributed by atoms with Crippen LogP contribution in [0.25, 0.3) is 0 Å². The molecular formula is C13H17ClN2O2. The van der Waals surface area contributed by atoms with Crippen LogP contribution in [0.5, 0.6) is 0 Å². The minimum absolute atomic E-state index is 0.00231. The van der Waals surface area contributed by atoms with E-state index in [2.05, 4.69) is 9.80 Å². The molecule has 0 radical (unpaired) electrons. The number of aliphatic hydroxyl groups excluding tert-OH is 1. The number of hydrogen-bond donors (Lipinski definition) is 1. The van der Waals surface area contributed by atoms with Gasteiger partial charge in [-0.3, -0.25) is 9.69 Å². The summed E-state index contributed by atoms with van der Waals surface area (Å²) in [6.45, 7) is 4.22. The summed E-state index contributed by atoms with van der Waals surface area (Å²) in [4.78, 5) is 16.2. The molecule has 1 fully saturated rings. The molecule has 0 spiro atoms. The standard InChI is InChI=1S/C13H17ClN2O2/c14-11-1-3-12(13(18)4-2-11)16-7-5-15(6-8-16)9-10-17/h1-4,17H,5-10H2. The van der Waals surface area contributed by atoms with Crippen LogP contribution in [0.2, 0.25) is 5.02 Å². The van der Waals surface area contributed by atoms with Gasteiger partial charge in [-0.1, -0.05) is 11.6 Å². The monoisotopic (exact) mass is 268 g/mol. The number of halogens is 1. The summed E-state index contributed by atoms with van der Waals surface area (Å²) in [5, 5.41) is 9.46. The molecule has 0 saturated carbocycles. The van der Waals surface area contributed by atoms with Crippen molar-refractivity contribution in [3.05, 3.63) is 39.5 Å². The molecule has 98 valence electrons. The van der Waals surface area contributed by atoms with Crippen molar-refractivity contribution in [2.75, 3.05) is 44.2 Å². The van der Waals surface area contributed by atoms with E-state index >= 15 is 0 Å². The summed E-state index contributed by atoms with van der Waals surface area (Å²) in [5.74, 6) is 0. The fourth-order valence-corrected chi connectivity index (χ4v) is 2.28. The summed E-state index contributed by atoms with van der Waals surface area (Å²) in [6, 6.07) is 6.66. The van der Waals surface area contributed by atoms with Gasteiger partial charge in [-0.15, -0.1) is 0 Å². The minimum atomic E-state index is -0.00231. The number of piperazine rings is 1. The number of anilines is 1. The number of nitrogens with zero attached hydrogens (tertiary/aromatic N) is 2. The van der Waals surface area contributed by atoms with Crippen LogP contribution < -0.4 is 10.3 Å². The molecule has 18 heavy (non-hydrogen) atoms. The highest BCUT2D eigenvalue weighted by atomic mass is 35.5. The zero-order valence-electron chi connectivity index (χ0n) is 10.2. The van der Waals surface area contributed by atoms with Crippen molar-refractivity contribution in [1.29, 1.82) is 0 Å². The average Bonchev–Trinajstić information content (AvgIpc) is 2.54. The quantitative estimate of drug-likeness (QED) is 0.881. The van der Waals surface area contributed by atoms with Gasteiger partial charge in [-0.25, -0.2) is 0 Å². The Hall–Kier alpha value is -1.10. The van der Waals surface area contributed by atoms with E-state index in [4.69, 9.17) is 16.7 Å². The first-order chi connectivity index (χ1) is 8.70. The molecule has 0 unspecified atom stereocenters. The summed E-state index contributed by atoms with van der Waals surface area (Å²) >= 11 is 5.88. The molecule has 1 aliphatic rings. The van der Waals surface area contributed by atoms with Crippen molar-refractivity contribution in [2.45, 2.75) is 0 Å². The Kier molecular flexibility index (Phi) is 4.58. The summed E-state index contributed by atoms with van der Waals surface area (Å²) in [7, 11) is 0. The molecule has 0 bridgehead atoms. The van der Waals surface area contributed by atoms with Crippen LogP contribution in [-0.2, 0) is 0 Å². The second kappa shape index (κ2) is 6.18. The first-order valence-electron chi connectivity index (χ1n) is 6.09. The van der Waals surface area contributed by atoms with Gasteiger partial charge in [0, 0.05) is 37.7 Å². The van der Waals surface area contributed by atoms with Gasteiger partial charge >= 0.3 is 0 Å². The van der Waals surface area contributed by atoms with E-state index in [1.54, 1.807) is 18.2 Å². The van der Waals surface area contributed by atoms with Gasteiger partial charge in [-0.05, 0) is 24.3 Å².